The molecule has 1 aliphatic carbocycles. The van der Waals surface area contributed by atoms with E-state index in [4.69, 9.17) is 10.5 Å². The van der Waals surface area contributed by atoms with Crippen molar-refractivity contribution in [3.8, 4) is 5.75 Å². The van der Waals surface area contributed by atoms with Crippen molar-refractivity contribution in [2.45, 2.75) is 18.9 Å². The van der Waals surface area contributed by atoms with Crippen molar-refractivity contribution in [2.75, 3.05) is 26.7 Å². The average Bonchev–Trinajstić information content (AvgIpc) is 3.33. The van der Waals surface area contributed by atoms with Gasteiger partial charge in [-0.05, 0) is 48.7 Å². The maximum absolute atomic E-state index is 5.90. The van der Waals surface area contributed by atoms with Gasteiger partial charge in [0.25, 0.3) is 0 Å². The molecule has 0 spiro atoms. The molecule has 0 radical (unpaired) electrons. The molecule has 1 fully saturated rings. The number of hydrogen-bond donors (Lipinski definition) is 1. The summed E-state index contributed by atoms with van der Waals surface area (Å²) in [5.74, 6) is 1.75. The van der Waals surface area contributed by atoms with Crippen LogP contribution < -0.4 is 10.5 Å². The summed E-state index contributed by atoms with van der Waals surface area (Å²) in [6, 6.07) is 15.1. The molecule has 1 aliphatic rings. The van der Waals surface area contributed by atoms with Crippen LogP contribution in [0.2, 0.25) is 0 Å². The molecule has 0 heterocycles. The highest BCUT2D eigenvalue weighted by molar-refractivity contribution is 5.85. The molecule has 120 valence electrons. The quantitative estimate of drug-likeness (QED) is 0.850. The summed E-state index contributed by atoms with van der Waals surface area (Å²) in [5, 5.41) is 2.47. The number of nitrogens with two attached hydrogens (primary N) is 1. The van der Waals surface area contributed by atoms with Gasteiger partial charge in [-0.25, -0.2) is 0 Å². The highest BCUT2D eigenvalue weighted by Crippen LogP contribution is 2.34. The summed E-state index contributed by atoms with van der Waals surface area (Å²) in [4.78, 5) is 2.35. The van der Waals surface area contributed by atoms with Gasteiger partial charge in [0.05, 0.1) is 0 Å². The van der Waals surface area contributed by atoms with Crippen LogP contribution in [-0.2, 0) is 0 Å². The van der Waals surface area contributed by atoms with Gasteiger partial charge in [0.1, 0.15) is 12.4 Å². The van der Waals surface area contributed by atoms with E-state index in [1.807, 2.05) is 6.07 Å². The van der Waals surface area contributed by atoms with Crippen LogP contribution >= 0.6 is 12.4 Å². The third-order valence-electron chi connectivity index (χ3n) is 4.41. The first-order valence-electron chi connectivity index (χ1n) is 7.80. The van der Waals surface area contributed by atoms with Gasteiger partial charge in [-0.3, -0.25) is 4.90 Å². The summed E-state index contributed by atoms with van der Waals surface area (Å²) in [6.07, 6.45) is 2.66. The molecule has 22 heavy (non-hydrogen) atoms. The Morgan fingerprint density at radius 1 is 1.18 bits per heavy atom. The fraction of sp³-hybridized carbons (Fsp3) is 0.444. The van der Waals surface area contributed by atoms with Crippen molar-refractivity contribution in [1.29, 1.82) is 0 Å². The smallest absolute Gasteiger partial charge is 0.120 e. The van der Waals surface area contributed by atoms with E-state index >= 15 is 0 Å². The topological polar surface area (TPSA) is 38.5 Å². The summed E-state index contributed by atoms with van der Waals surface area (Å²) >= 11 is 0. The minimum atomic E-state index is 0. The van der Waals surface area contributed by atoms with Crippen molar-refractivity contribution in [1.82, 2.24) is 4.90 Å². The van der Waals surface area contributed by atoms with Crippen molar-refractivity contribution >= 4 is 23.2 Å². The second-order valence-corrected chi connectivity index (χ2v) is 5.98. The monoisotopic (exact) mass is 320 g/mol. The van der Waals surface area contributed by atoms with Crippen LogP contribution in [0.1, 0.15) is 12.8 Å². The molecule has 0 aromatic heterocycles. The van der Waals surface area contributed by atoms with E-state index in [9.17, 15) is 0 Å². The summed E-state index contributed by atoms with van der Waals surface area (Å²) in [5.41, 5.74) is 5.88. The maximum Gasteiger partial charge on any atom is 0.120 e. The fourth-order valence-electron chi connectivity index (χ4n) is 2.94. The van der Waals surface area contributed by atoms with Gasteiger partial charge < -0.3 is 10.5 Å². The zero-order valence-corrected chi connectivity index (χ0v) is 13.9. The average molecular weight is 321 g/mol. The minimum absolute atomic E-state index is 0. The first-order valence-corrected chi connectivity index (χ1v) is 7.80. The number of halogens is 1. The van der Waals surface area contributed by atoms with Crippen LogP contribution in [0.4, 0.5) is 0 Å². The van der Waals surface area contributed by atoms with E-state index in [1.54, 1.807) is 0 Å². The molecule has 1 saturated carbocycles. The minimum Gasteiger partial charge on any atom is -0.492 e. The summed E-state index contributed by atoms with van der Waals surface area (Å²) in [6.45, 7) is 2.38. The van der Waals surface area contributed by atoms with Crippen molar-refractivity contribution < 1.29 is 4.74 Å². The molecule has 0 amide bonds. The predicted octanol–water partition coefficient (Wildman–Crippen LogP) is 3.31. The van der Waals surface area contributed by atoms with Crippen LogP contribution in [0, 0.1) is 5.92 Å². The van der Waals surface area contributed by atoms with Crippen LogP contribution in [0.15, 0.2) is 42.5 Å². The molecule has 2 N–H and O–H groups in total. The number of hydrogen-bond acceptors (Lipinski definition) is 3. The number of nitrogens with zero attached hydrogens (tertiary/aromatic N) is 1. The highest BCUT2D eigenvalue weighted by atomic mass is 35.5. The van der Waals surface area contributed by atoms with Gasteiger partial charge in [0.2, 0.25) is 0 Å². The van der Waals surface area contributed by atoms with Crippen LogP contribution in [0.25, 0.3) is 10.8 Å². The van der Waals surface area contributed by atoms with Gasteiger partial charge in [-0.2, -0.15) is 0 Å². The zero-order valence-electron chi connectivity index (χ0n) is 13.1. The third-order valence-corrected chi connectivity index (χ3v) is 4.41. The number of likely N-dealkylation sites (N-methyl/N-ethyl adjacent to an activating group) is 1. The molecule has 0 bridgehead atoms. The van der Waals surface area contributed by atoms with Crippen molar-refractivity contribution in [3.05, 3.63) is 42.5 Å². The Labute approximate surface area is 138 Å². The molecule has 1 unspecified atom stereocenters. The summed E-state index contributed by atoms with van der Waals surface area (Å²) in [7, 11) is 2.15. The van der Waals surface area contributed by atoms with E-state index in [1.165, 1.54) is 23.6 Å². The Morgan fingerprint density at radius 3 is 2.59 bits per heavy atom. The van der Waals surface area contributed by atoms with E-state index in [0.717, 1.165) is 24.8 Å². The first-order chi connectivity index (χ1) is 10.3. The standard InChI is InChI=1S/C18H24N2O.ClH/c1-20(18(13-19)15-6-7-15)10-11-21-17-9-8-14-4-2-3-5-16(14)12-17;/h2-5,8-9,12,15,18H,6-7,10-11,13,19H2,1H3;1H. The normalized spacial score (nSPS) is 15.6. The Balaban J connectivity index is 0.00000176. The molecule has 2 aromatic rings. The number of benzene rings is 2. The molecule has 0 aliphatic heterocycles. The van der Waals surface area contributed by atoms with Gasteiger partial charge in [-0.15, -0.1) is 12.4 Å². The maximum atomic E-state index is 5.90. The molecule has 0 saturated heterocycles. The van der Waals surface area contributed by atoms with Crippen molar-refractivity contribution in [2.24, 2.45) is 11.7 Å². The highest BCUT2D eigenvalue weighted by Gasteiger charge is 2.32. The van der Waals surface area contributed by atoms with E-state index in [0.29, 0.717) is 12.6 Å². The van der Waals surface area contributed by atoms with E-state index in [-0.39, 0.29) is 12.4 Å². The molecule has 1 atom stereocenters. The van der Waals surface area contributed by atoms with Crippen LogP contribution in [0.5, 0.6) is 5.75 Å². The Kier molecular flexibility index (Phi) is 6.07. The summed E-state index contributed by atoms with van der Waals surface area (Å²) < 4.78 is 5.90. The SMILES string of the molecule is CN(CCOc1ccc2ccccc2c1)C(CN)C1CC1.Cl. The van der Waals surface area contributed by atoms with Gasteiger partial charge in [0, 0.05) is 19.1 Å². The Morgan fingerprint density at radius 2 is 1.91 bits per heavy atom. The second kappa shape index (κ2) is 7.82. The van der Waals surface area contributed by atoms with E-state index < -0.39 is 0 Å². The predicted molar refractivity (Wildman–Crippen MR) is 94.9 cm³/mol. The second-order valence-electron chi connectivity index (χ2n) is 5.98. The molecular formula is C18H25ClN2O. The Hall–Kier alpha value is -1.29. The van der Waals surface area contributed by atoms with Crippen LogP contribution in [0.3, 0.4) is 0 Å². The fourth-order valence-corrected chi connectivity index (χ4v) is 2.94. The number of fused-ring (bicyclic) bond motifs is 1. The van der Waals surface area contributed by atoms with Crippen molar-refractivity contribution in [3.63, 3.8) is 0 Å². The third kappa shape index (κ3) is 4.13. The lowest BCUT2D eigenvalue weighted by atomic mass is 10.1. The van der Waals surface area contributed by atoms with Gasteiger partial charge in [0.15, 0.2) is 0 Å². The molecule has 2 aromatic carbocycles. The molecular weight excluding hydrogens is 296 g/mol. The molecule has 4 heteroatoms. The van der Waals surface area contributed by atoms with E-state index in [2.05, 4.69) is 48.3 Å². The van der Waals surface area contributed by atoms with Gasteiger partial charge in [-0.1, -0.05) is 30.3 Å². The molecule has 3 nitrogen and oxygen atoms in total. The zero-order chi connectivity index (χ0) is 14.7. The largest absolute Gasteiger partial charge is 0.492 e. The first kappa shape index (κ1) is 17.1. The lowest BCUT2D eigenvalue weighted by Gasteiger charge is -2.26. The van der Waals surface area contributed by atoms with Gasteiger partial charge >= 0.3 is 0 Å². The number of ether oxygens (including phenoxy) is 1. The lowest BCUT2D eigenvalue weighted by molar-refractivity contribution is 0.180. The number of rotatable bonds is 7. The molecule has 3 rings (SSSR count). The van der Waals surface area contributed by atoms with Crippen LogP contribution in [-0.4, -0.2) is 37.7 Å². The lowest BCUT2D eigenvalue weighted by Crippen LogP contribution is -2.41. The Bertz CT molecular complexity index is 600.